The Balaban J connectivity index is 1.89. The molecule has 4 nitrogen and oxygen atoms in total. The first-order chi connectivity index (χ1) is 9.06. The molecule has 1 aromatic rings. The first kappa shape index (κ1) is 14.5. The Kier molecular flexibility index (Phi) is 4.96. The van der Waals surface area contributed by atoms with Gasteiger partial charge in [-0.2, -0.15) is 0 Å². The Morgan fingerprint density at radius 3 is 3.00 bits per heavy atom. The van der Waals surface area contributed by atoms with Crippen molar-refractivity contribution in [3.8, 4) is 0 Å². The summed E-state index contributed by atoms with van der Waals surface area (Å²) < 4.78 is 1.03. The van der Waals surface area contributed by atoms with Gasteiger partial charge in [0.1, 0.15) is 0 Å². The number of nitrogens with zero attached hydrogens (tertiary/aromatic N) is 1. The molecule has 0 radical (unpaired) electrons. The lowest BCUT2D eigenvalue weighted by Crippen LogP contribution is -2.39. The number of halogens is 1. The predicted octanol–water partition coefficient (Wildman–Crippen LogP) is 1.99. The van der Waals surface area contributed by atoms with E-state index in [1.165, 1.54) is 0 Å². The second-order valence-corrected chi connectivity index (χ2v) is 5.98. The first-order valence-electron chi connectivity index (χ1n) is 6.53. The summed E-state index contributed by atoms with van der Waals surface area (Å²) in [5.74, 6) is 0.0415. The van der Waals surface area contributed by atoms with Crippen molar-refractivity contribution in [3.63, 3.8) is 0 Å². The minimum absolute atomic E-state index is 0.0415. The summed E-state index contributed by atoms with van der Waals surface area (Å²) in [4.78, 5) is 14.1. The lowest BCUT2D eigenvalue weighted by molar-refractivity contribution is -0.117. The Labute approximate surface area is 122 Å². The van der Waals surface area contributed by atoms with Gasteiger partial charge in [0.05, 0.1) is 6.54 Å². The molecule has 1 aliphatic heterocycles. The summed E-state index contributed by atoms with van der Waals surface area (Å²) in [6.45, 7) is 4.44. The smallest absolute Gasteiger partial charge is 0.238 e. The van der Waals surface area contributed by atoms with Crippen LogP contribution < -0.4 is 10.6 Å². The van der Waals surface area contributed by atoms with Crippen LogP contribution in [0.5, 0.6) is 0 Å². The molecule has 0 spiro atoms. The van der Waals surface area contributed by atoms with Gasteiger partial charge in [-0.1, -0.05) is 15.9 Å². The molecule has 0 aromatic heterocycles. The third-order valence-electron chi connectivity index (χ3n) is 3.51. The van der Waals surface area contributed by atoms with E-state index >= 15 is 0 Å². The van der Waals surface area contributed by atoms with Crippen LogP contribution in [0.15, 0.2) is 22.7 Å². The van der Waals surface area contributed by atoms with Gasteiger partial charge in [-0.15, -0.1) is 0 Å². The lowest BCUT2D eigenvalue weighted by Gasteiger charge is -2.22. The number of anilines is 1. The Hall–Kier alpha value is -0.910. The number of benzene rings is 1. The molecular weight excluding hydrogens is 306 g/mol. The SMILES string of the molecule is Cc1cc(Br)ccc1NC(=O)CN(C)C1CCNC1. The maximum atomic E-state index is 12.0. The van der Waals surface area contributed by atoms with Gasteiger partial charge in [-0.3, -0.25) is 9.69 Å². The first-order valence-corrected chi connectivity index (χ1v) is 7.32. The number of hydrogen-bond acceptors (Lipinski definition) is 3. The average molecular weight is 326 g/mol. The van der Waals surface area contributed by atoms with Crippen molar-refractivity contribution in [1.29, 1.82) is 0 Å². The van der Waals surface area contributed by atoms with Crippen LogP contribution in [0.25, 0.3) is 0 Å². The van der Waals surface area contributed by atoms with Crippen molar-refractivity contribution >= 4 is 27.5 Å². The third kappa shape index (κ3) is 4.03. The zero-order valence-electron chi connectivity index (χ0n) is 11.4. The quantitative estimate of drug-likeness (QED) is 0.889. The van der Waals surface area contributed by atoms with Crippen LogP contribution in [0, 0.1) is 6.92 Å². The fraction of sp³-hybridized carbons (Fsp3) is 0.500. The number of aryl methyl sites for hydroxylation is 1. The van der Waals surface area contributed by atoms with E-state index in [2.05, 4.69) is 31.5 Å². The molecule has 0 aliphatic carbocycles. The Morgan fingerprint density at radius 1 is 1.58 bits per heavy atom. The van der Waals surface area contributed by atoms with Crippen molar-refractivity contribution in [2.24, 2.45) is 0 Å². The zero-order chi connectivity index (χ0) is 13.8. The number of nitrogens with one attached hydrogen (secondary N) is 2. The number of likely N-dealkylation sites (N-methyl/N-ethyl adjacent to an activating group) is 1. The largest absolute Gasteiger partial charge is 0.325 e. The molecule has 2 N–H and O–H groups in total. The predicted molar refractivity (Wildman–Crippen MR) is 81.4 cm³/mol. The highest BCUT2D eigenvalue weighted by atomic mass is 79.9. The molecule has 1 heterocycles. The molecule has 19 heavy (non-hydrogen) atoms. The number of carbonyl (C=O) groups is 1. The van der Waals surface area contributed by atoms with Crippen molar-refractivity contribution in [3.05, 3.63) is 28.2 Å². The Bertz CT molecular complexity index is 458. The van der Waals surface area contributed by atoms with Gasteiger partial charge in [0.25, 0.3) is 0 Å². The van der Waals surface area contributed by atoms with Crippen molar-refractivity contribution in [2.45, 2.75) is 19.4 Å². The van der Waals surface area contributed by atoms with Crippen LogP contribution in [0.1, 0.15) is 12.0 Å². The summed E-state index contributed by atoms with van der Waals surface area (Å²) in [7, 11) is 2.01. The third-order valence-corrected chi connectivity index (χ3v) is 4.01. The highest BCUT2D eigenvalue weighted by molar-refractivity contribution is 9.10. The maximum Gasteiger partial charge on any atom is 0.238 e. The van der Waals surface area contributed by atoms with E-state index in [9.17, 15) is 4.79 Å². The summed E-state index contributed by atoms with van der Waals surface area (Å²) in [6, 6.07) is 6.33. The van der Waals surface area contributed by atoms with Crippen molar-refractivity contribution in [1.82, 2.24) is 10.2 Å². The monoisotopic (exact) mass is 325 g/mol. The molecule has 1 aromatic carbocycles. The van der Waals surface area contributed by atoms with E-state index in [0.29, 0.717) is 12.6 Å². The molecule has 2 rings (SSSR count). The summed E-state index contributed by atoms with van der Waals surface area (Å²) >= 11 is 3.42. The van der Waals surface area contributed by atoms with Crippen LogP contribution >= 0.6 is 15.9 Å². The molecule has 1 unspecified atom stereocenters. The number of amides is 1. The fourth-order valence-corrected chi connectivity index (χ4v) is 2.80. The second-order valence-electron chi connectivity index (χ2n) is 5.07. The van der Waals surface area contributed by atoms with Gasteiger partial charge in [0.2, 0.25) is 5.91 Å². The van der Waals surface area contributed by atoms with Crippen LogP contribution in [0.4, 0.5) is 5.69 Å². The van der Waals surface area contributed by atoms with E-state index in [0.717, 1.165) is 35.2 Å². The summed E-state index contributed by atoms with van der Waals surface area (Å²) in [6.07, 6.45) is 1.11. The van der Waals surface area contributed by atoms with E-state index in [1.54, 1.807) is 0 Å². The van der Waals surface area contributed by atoms with Crippen molar-refractivity contribution < 1.29 is 4.79 Å². The van der Waals surface area contributed by atoms with Gasteiger partial charge in [0.15, 0.2) is 0 Å². The maximum absolute atomic E-state index is 12.0. The van der Waals surface area contributed by atoms with Crippen LogP contribution in [0.3, 0.4) is 0 Å². The minimum Gasteiger partial charge on any atom is -0.325 e. The standard InChI is InChI=1S/C14H20BrN3O/c1-10-7-11(15)3-4-13(10)17-14(19)9-18(2)12-5-6-16-8-12/h3-4,7,12,16H,5-6,8-9H2,1-2H3,(H,17,19). The van der Waals surface area contributed by atoms with Gasteiger partial charge < -0.3 is 10.6 Å². The topological polar surface area (TPSA) is 44.4 Å². The number of carbonyl (C=O) groups excluding carboxylic acids is 1. The van der Waals surface area contributed by atoms with Gasteiger partial charge in [0, 0.05) is 22.7 Å². The van der Waals surface area contributed by atoms with E-state index in [4.69, 9.17) is 0 Å². The van der Waals surface area contributed by atoms with Crippen molar-refractivity contribution in [2.75, 3.05) is 32.0 Å². The zero-order valence-corrected chi connectivity index (χ0v) is 13.0. The molecule has 0 bridgehead atoms. The lowest BCUT2D eigenvalue weighted by atomic mass is 10.2. The molecular formula is C14H20BrN3O. The highest BCUT2D eigenvalue weighted by Gasteiger charge is 2.20. The molecule has 1 aliphatic rings. The van der Waals surface area contributed by atoms with E-state index in [1.807, 2.05) is 32.2 Å². The average Bonchev–Trinajstić information content (AvgIpc) is 2.86. The molecule has 0 saturated carbocycles. The highest BCUT2D eigenvalue weighted by Crippen LogP contribution is 2.20. The summed E-state index contributed by atoms with van der Waals surface area (Å²) in [5, 5.41) is 6.28. The fourth-order valence-electron chi connectivity index (χ4n) is 2.33. The minimum atomic E-state index is 0.0415. The van der Waals surface area contributed by atoms with Crippen LogP contribution in [-0.4, -0.2) is 43.5 Å². The molecule has 5 heteroatoms. The number of rotatable bonds is 4. The van der Waals surface area contributed by atoms with Gasteiger partial charge in [-0.05, 0) is 50.7 Å². The molecule has 1 atom stereocenters. The molecule has 1 amide bonds. The molecule has 104 valence electrons. The van der Waals surface area contributed by atoms with Gasteiger partial charge >= 0.3 is 0 Å². The molecule has 1 fully saturated rings. The summed E-state index contributed by atoms with van der Waals surface area (Å²) in [5.41, 5.74) is 1.94. The normalized spacial score (nSPS) is 18.8. The van der Waals surface area contributed by atoms with Gasteiger partial charge in [-0.25, -0.2) is 0 Å². The number of hydrogen-bond donors (Lipinski definition) is 2. The van der Waals surface area contributed by atoms with Crippen LogP contribution in [-0.2, 0) is 4.79 Å². The second kappa shape index (κ2) is 6.50. The Morgan fingerprint density at radius 2 is 2.37 bits per heavy atom. The van der Waals surface area contributed by atoms with Crippen LogP contribution in [0.2, 0.25) is 0 Å². The van der Waals surface area contributed by atoms with E-state index in [-0.39, 0.29) is 5.91 Å². The molecule has 1 saturated heterocycles. The van der Waals surface area contributed by atoms with E-state index < -0.39 is 0 Å².